The molecule has 1 saturated heterocycles. The van der Waals surface area contributed by atoms with E-state index < -0.39 is 17.9 Å². The number of carboxylic acids is 1. The Kier molecular flexibility index (Phi) is 4.21. The maximum atomic E-state index is 12.4. The third-order valence-electron chi connectivity index (χ3n) is 3.71. The molecule has 7 heteroatoms. The number of nitrogens with one attached hydrogen (secondary N) is 1. The molecule has 1 heterocycles. The second kappa shape index (κ2) is 6.48. The van der Waals surface area contributed by atoms with E-state index in [-0.39, 0.29) is 23.6 Å². The minimum absolute atomic E-state index is 0.0444. The molecule has 3 rings (SSSR count). The lowest BCUT2D eigenvalue weighted by Gasteiger charge is -2.11. The Balaban J connectivity index is 1.85. The van der Waals surface area contributed by atoms with Crippen LogP contribution in [0, 0.1) is 0 Å². The highest BCUT2D eigenvalue weighted by Gasteiger charge is 2.33. The molecule has 2 aromatic carbocycles. The maximum Gasteiger partial charge on any atom is 0.339 e. The summed E-state index contributed by atoms with van der Waals surface area (Å²) in [4.78, 5) is 36.6. The molecule has 3 N–H and O–H groups in total. The summed E-state index contributed by atoms with van der Waals surface area (Å²) in [7, 11) is 0. The molecule has 0 aromatic heterocycles. The highest BCUT2D eigenvalue weighted by atomic mass is 16.4. The van der Waals surface area contributed by atoms with Crippen molar-refractivity contribution in [1.82, 2.24) is 10.2 Å². The zero-order chi connectivity index (χ0) is 18.0. The van der Waals surface area contributed by atoms with Crippen LogP contribution in [0.1, 0.15) is 21.5 Å². The second-order valence-corrected chi connectivity index (χ2v) is 5.45. The minimum Gasteiger partial charge on any atom is -0.507 e. The van der Waals surface area contributed by atoms with Gasteiger partial charge in [0.15, 0.2) is 0 Å². The van der Waals surface area contributed by atoms with Crippen LogP contribution in [0.3, 0.4) is 0 Å². The highest BCUT2D eigenvalue weighted by Crippen LogP contribution is 2.22. The van der Waals surface area contributed by atoms with E-state index in [2.05, 4.69) is 5.32 Å². The summed E-state index contributed by atoms with van der Waals surface area (Å²) in [6.07, 6.45) is 1.37. The van der Waals surface area contributed by atoms with Gasteiger partial charge in [0.05, 0.1) is 6.54 Å². The second-order valence-electron chi connectivity index (χ2n) is 5.45. The van der Waals surface area contributed by atoms with Gasteiger partial charge in [0.1, 0.15) is 17.0 Å². The first kappa shape index (κ1) is 16.3. The fraction of sp³-hybridized carbons (Fsp3) is 0.0556. The Hall–Kier alpha value is -3.61. The summed E-state index contributed by atoms with van der Waals surface area (Å²) >= 11 is 0. The number of carbonyl (C=O) groups is 3. The van der Waals surface area contributed by atoms with Crippen LogP contribution in [-0.4, -0.2) is 33.0 Å². The summed E-state index contributed by atoms with van der Waals surface area (Å²) in [6.45, 7) is 0.138. The van der Waals surface area contributed by atoms with Crippen LogP contribution in [0.2, 0.25) is 0 Å². The lowest BCUT2D eigenvalue weighted by atomic mass is 10.1. The molecule has 3 amide bonds. The van der Waals surface area contributed by atoms with Crippen LogP contribution < -0.4 is 5.32 Å². The molecule has 7 nitrogen and oxygen atoms in total. The first-order valence-corrected chi connectivity index (χ1v) is 7.40. The van der Waals surface area contributed by atoms with Gasteiger partial charge in [-0.25, -0.2) is 9.59 Å². The van der Waals surface area contributed by atoms with E-state index in [9.17, 15) is 19.5 Å². The summed E-state index contributed by atoms with van der Waals surface area (Å²) in [5.74, 6) is -2.16. The molecule has 1 fully saturated rings. The predicted octanol–water partition coefficient (Wildman–Crippen LogP) is 2.18. The van der Waals surface area contributed by atoms with Crippen molar-refractivity contribution < 1.29 is 24.6 Å². The van der Waals surface area contributed by atoms with Gasteiger partial charge in [-0.05, 0) is 29.3 Å². The van der Waals surface area contributed by atoms with Gasteiger partial charge < -0.3 is 15.5 Å². The lowest BCUT2D eigenvalue weighted by Crippen LogP contribution is -2.30. The molecule has 0 spiro atoms. The van der Waals surface area contributed by atoms with Crippen molar-refractivity contribution in [3.05, 3.63) is 70.9 Å². The number of carboxylic acid groups (broad SMARTS) is 1. The van der Waals surface area contributed by atoms with Gasteiger partial charge in [0.2, 0.25) is 0 Å². The Labute approximate surface area is 142 Å². The van der Waals surface area contributed by atoms with Crippen molar-refractivity contribution in [3.63, 3.8) is 0 Å². The number of amides is 3. The van der Waals surface area contributed by atoms with E-state index >= 15 is 0 Å². The number of hydrogen-bond donors (Lipinski definition) is 3. The number of rotatable bonds is 4. The largest absolute Gasteiger partial charge is 0.507 e. The van der Waals surface area contributed by atoms with Crippen molar-refractivity contribution >= 4 is 24.0 Å². The van der Waals surface area contributed by atoms with Gasteiger partial charge in [0.25, 0.3) is 5.91 Å². The molecule has 126 valence electrons. The van der Waals surface area contributed by atoms with Crippen molar-refractivity contribution in [2.45, 2.75) is 6.54 Å². The van der Waals surface area contributed by atoms with Gasteiger partial charge >= 0.3 is 12.0 Å². The van der Waals surface area contributed by atoms with Gasteiger partial charge in [-0.15, -0.1) is 0 Å². The lowest BCUT2D eigenvalue weighted by molar-refractivity contribution is -0.123. The van der Waals surface area contributed by atoms with Crippen molar-refractivity contribution in [2.75, 3.05) is 0 Å². The fourth-order valence-electron chi connectivity index (χ4n) is 2.46. The normalized spacial score (nSPS) is 15.5. The zero-order valence-corrected chi connectivity index (χ0v) is 13.0. The molecular weight excluding hydrogens is 324 g/mol. The van der Waals surface area contributed by atoms with Crippen LogP contribution >= 0.6 is 0 Å². The minimum atomic E-state index is -1.29. The summed E-state index contributed by atoms with van der Waals surface area (Å²) in [6, 6.07) is 12.4. The number of phenols is 1. The van der Waals surface area contributed by atoms with Crippen molar-refractivity contribution in [1.29, 1.82) is 0 Å². The summed E-state index contributed by atoms with van der Waals surface area (Å²) in [5.41, 5.74) is 0.945. The monoisotopic (exact) mass is 338 g/mol. The Morgan fingerprint density at radius 2 is 1.84 bits per heavy atom. The zero-order valence-electron chi connectivity index (χ0n) is 13.0. The van der Waals surface area contributed by atoms with Gasteiger partial charge in [-0.3, -0.25) is 9.69 Å². The van der Waals surface area contributed by atoms with E-state index in [4.69, 9.17) is 5.11 Å². The first-order valence-electron chi connectivity index (χ1n) is 7.40. The molecule has 1 aliphatic heterocycles. The van der Waals surface area contributed by atoms with Crippen LogP contribution in [0.15, 0.2) is 54.2 Å². The Morgan fingerprint density at radius 3 is 2.52 bits per heavy atom. The summed E-state index contributed by atoms with van der Waals surface area (Å²) < 4.78 is 0. The number of hydrogen-bond acceptors (Lipinski definition) is 4. The molecule has 0 aliphatic carbocycles. The molecule has 2 aromatic rings. The smallest absolute Gasteiger partial charge is 0.339 e. The molecular formula is C18H14N2O5. The average molecular weight is 338 g/mol. The number of imide groups is 1. The maximum absolute atomic E-state index is 12.4. The predicted molar refractivity (Wildman–Crippen MR) is 88.6 cm³/mol. The van der Waals surface area contributed by atoms with E-state index in [1.807, 2.05) is 18.2 Å². The van der Waals surface area contributed by atoms with Crippen LogP contribution in [0.25, 0.3) is 6.08 Å². The topological polar surface area (TPSA) is 107 Å². The molecule has 1 aliphatic rings. The van der Waals surface area contributed by atoms with Crippen LogP contribution in [0.4, 0.5) is 4.79 Å². The highest BCUT2D eigenvalue weighted by molar-refractivity contribution is 6.14. The van der Waals surface area contributed by atoms with Crippen molar-refractivity contribution in [2.24, 2.45) is 0 Å². The van der Waals surface area contributed by atoms with Gasteiger partial charge in [-0.1, -0.05) is 36.4 Å². The van der Waals surface area contributed by atoms with E-state index in [0.717, 1.165) is 10.5 Å². The van der Waals surface area contributed by atoms with Gasteiger partial charge in [-0.2, -0.15) is 0 Å². The fourth-order valence-corrected chi connectivity index (χ4v) is 2.46. The molecule has 0 bridgehead atoms. The number of aromatic carboxylic acids is 1. The number of aromatic hydroxyl groups is 1. The quantitative estimate of drug-likeness (QED) is 0.585. The number of benzene rings is 2. The van der Waals surface area contributed by atoms with Crippen molar-refractivity contribution in [3.8, 4) is 5.75 Å². The number of urea groups is 1. The van der Waals surface area contributed by atoms with E-state index in [1.54, 1.807) is 12.1 Å². The van der Waals surface area contributed by atoms with Gasteiger partial charge in [0, 0.05) is 0 Å². The van der Waals surface area contributed by atoms with Crippen LogP contribution in [0.5, 0.6) is 5.75 Å². The number of carbonyl (C=O) groups excluding carboxylic acids is 2. The summed E-state index contributed by atoms with van der Waals surface area (Å²) in [5, 5.41) is 21.0. The molecule has 25 heavy (non-hydrogen) atoms. The molecule has 0 atom stereocenters. The van der Waals surface area contributed by atoms with Crippen LogP contribution in [-0.2, 0) is 11.3 Å². The Bertz CT molecular complexity index is 890. The SMILES string of the molecule is O=C(O)c1cc(/C=C2\NC(=O)N(Cc3ccccc3)C2=O)ccc1O. The first-order chi connectivity index (χ1) is 12.0. The van der Waals surface area contributed by atoms with E-state index in [1.165, 1.54) is 24.3 Å². The molecule has 0 radical (unpaired) electrons. The third-order valence-corrected chi connectivity index (χ3v) is 3.71. The average Bonchev–Trinajstić information content (AvgIpc) is 2.85. The third kappa shape index (κ3) is 3.35. The molecule has 0 unspecified atom stereocenters. The number of nitrogens with zero attached hydrogens (tertiary/aromatic N) is 1. The molecule has 0 saturated carbocycles. The standard InChI is InChI=1S/C18H14N2O5/c21-15-7-6-12(8-13(15)17(23)24)9-14-16(22)20(18(25)19-14)10-11-4-2-1-3-5-11/h1-9,21H,10H2,(H,19,25)(H,23,24)/b14-9-. The van der Waals surface area contributed by atoms with E-state index in [0.29, 0.717) is 5.56 Å². The Morgan fingerprint density at radius 1 is 1.12 bits per heavy atom.